The zero-order chi connectivity index (χ0) is 25.4. The number of carbonyl (C=O) groups is 4. The van der Waals surface area contributed by atoms with Gasteiger partial charge in [0.2, 0.25) is 15.6 Å². The number of carbonyl (C=O) groups excluding carboxylic acids is 4. The Hall–Kier alpha value is -1.14. The third kappa shape index (κ3) is 6.80. The van der Waals surface area contributed by atoms with Crippen LogP contribution in [0.5, 0.6) is 0 Å². The van der Waals surface area contributed by atoms with Gasteiger partial charge in [-0.15, -0.1) is 11.8 Å². The van der Waals surface area contributed by atoms with E-state index in [9.17, 15) is 24.3 Å². The summed E-state index contributed by atoms with van der Waals surface area (Å²) in [6.07, 6.45) is -1.04. The molecule has 2 aliphatic heterocycles. The molecule has 2 aliphatic rings. The summed E-state index contributed by atoms with van der Waals surface area (Å²) in [4.78, 5) is 50.9. The molecule has 14 heteroatoms. The topological polar surface area (TPSA) is 128 Å². The van der Waals surface area contributed by atoms with E-state index in [-0.39, 0.29) is 35.1 Å². The minimum absolute atomic E-state index is 0. The number of alkyl halides is 3. The summed E-state index contributed by atoms with van der Waals surface area (Å²) in [5.74, 6) is -2.67. The summed E-state index contributed by atoms with van der Waals surface area (Å²) >= 11 is 18.0. The SMILES string of the molecule is C=C(c1ccccc1)C(NC(=O)OCC(Cl)(Cl)Cl)C(=O)N[C@H]1C(=O)N2[C@@H]1SC(C)(C)[C@@H]2C(=O)[O-].[Na+]. The van der Waals surface area contributed by atoms with Crippen LogP contribution in [0.3, 0.4) is 0 Å². The van der Waals surface area contributed by atoms with Gasteiger partial charge >= 0.3 is 35.7 Å². The van der Waals surface area contributed by atoms with Crippen molar-refractivity contribution in [2.75, 3.05) is 6.61 Å². The molecule has 1 aromatic carbocycles. The molecule has 35 heavy (non-hydrogen) atoms. The predicted molar refractivity (Wildman–Crippen MR) is 127 cm³/mol. The maximum atomic E-state index is 13.2. The molecule has 4 atom stereocenters. The van der Waals surface area contributed by atoms with Crippen LogP contribution < -0.4 is 45.3 Å². The zero-order valence-corrected chi connectivity index (χ0v) is 24.1. The molecular weight excluding hydrogens is 552 g/mol. The number of nitrogens with zero attached hydrogens (tertiary/aromatic N) is 1. The van der Waals surface area contributed by atoms with Gasteiger partial charge in [-0.05, 0) is 25.0 Å². The third-order valence-electron chi connectivity index (χ3n) is 5.35. The molecule has 1 unspecified atom stereocenters. The molecule has 2 fully saturated rings. The molecule has 0 saturated carbocycles. The van der Waals surface area contributed by atoms with Gasteiger partial charge in [0.25, 0.3) is 0 Å². The van der Waals surface area contributed by atoms with E-state index in [0.717, 1.165) is 0 Å². The van der Waals surface area contributed by atoms with Crippen molar-refractivity contribution in [1.29, 1.82) is 0 Å². The standard InChI is InChI=1S/C21H22Cl3N3O6S.Na/c1-10(11-7-5-4-6-8-11)12(26-19(32)33-9-21(22,23)24)15(28)25-13-16(29)27-14(18(30)31)20(2,3)34-17(13)27;/h4-8,12-14,17H,1,9H2,2-3H3,(H,25,28)(H,26,32)(H,30,31);/q;+1/p-1/t12?,13-,14-,17+;/m0./s1. The first kappa shape index (κ1) is 30.1. The Morgan fingerprint density at radius 1 is 1.26 bits per heavy atom. The van der Waals surface area contributed by atoms with E-state index in [1.54, 1.807) is 44.2 Å². The van der Waals surface area contributed by atoms with E-state index in [2.05, 4.69) is 17.2 Å². The second-order valence-electron chi connectivity index (χ2n) is 8.23. The summed E-state index contributed by atoms with van der Waals surface area (Å²) < 4.78 is 2.19. The number of carboxylic acid groups (broad SMARTS) is 1. The van der Waals surface area contributed by atoms with Crippen molar-refractivity contribution in [3.8, 4) is 0 Å². The first-order valence-electron chi connectivity index (χ1n) is 9.98. The Bertz CT molecular complexity index is 1020. The molecule has 0 bridgehead atoms. The van der Waals surface area contributed by atoms with Crippen LogP contribution in [-0.2, 0) is 19.1 Å². The average molecular weight is 573 g/mol. The molecule has 0 aliphatic carbocycles. The molecule has 3 rings (SSSR count). The van der Waals surface area contributed by atoms with Crippen molar-refractivity contribution >= 4 is 76.0 Å². The smallest absolute Gasteiger partial charge is 0.548 e. The number of benzene rings is 1. The number of halogens is 3. The first-order valence-corrected chi connectivity index (χ1v) is 12.0. The van der Waals surface area contributed by atoms with Gasteiger partial charge in [0, 0.05) is 4.75 Å². The molecule has 3 amide bonds. The van der Waals surface area contributed by atoms with E-state index in [0.29, 0.717) is 5.56 Å². The molecule has 1 aromatic rings. The van der Waals surface area contributed by atoms with E-state index >= 15 is 0 Å². The number of alkyl carbamates (subject to hydrolysis) is 1. The Morgan fingerprint density at radius 2 is 1.86 bits per heavy atom. The van der Waals surface area contributed by atoms with Crippen molar-refractivity contribution in [2.24, 2.45) is 0 Å². The normalized spacial score (nSPS) is 23.2. The van der Waals surface area contributed by atoms with Gasteiger partial charge in [-0.2, -0.15) is 0 Å². The van der Waals surface area contributed by atoms with Crippen LogP contribution in [-0.4, -0.2) is 67.4 Å². The van der Waals surface area contributed by atoms with Crippen LogP contribution in [0.15, 0.2) is 36.9 Å². The largest absolute Gasteiger partial charge is 1.00 e. The fraction of sp³-hybridized carbons (Fsp3) is 0.429. The minimum atomic E-state index is -1.85. The van der Waals surface area contributed by atoms with Gasteiger partial charge in [-0.3, -0.25) is 9.59 Å². The number of rotatable bonds is 7. The maximum absolute atomic E-state index is 13.2. The van der Waals surface area contributed by atoms with E-state index in [1.165, 1.54) is 16.7 Å². The summed E-state index contributed by atoms with van der Waals surface area (Å²) in [6, 6.07) is 5.13. The molecule has 0 spiro atoms. The fourth-order valence-corrected chi connectivity index (χ4v) is 5.58. The van der Waals surface area contributed by atoms with Crippen molar-refractivity contribution in [2.45, 2.75) is 45.9 Å². The van der Waals surface area contributed by atoms with Crippen LogP contribution >= 0.6 is 46.6 Å². The second-order valence-corrected chi connectivity index (χ2v) is 12.5. The molecule has 2 heterocycles. The van der Waals surface area contributed by atoms with Gasteiger partial charge in [0.15, 0.2) is 0 Å². The Kier molecular flexibility index (Phi) is 9.88. The number of fused-ring (bicyclic) bond motifs is 1. The quantitative estimate of drug-likeness (QED) is 0.230. The molecule has 184 valence electrons. The number of hydrogen-bond donors (Lipinski definition) is 2. The van der Waals surface area contributed by atoms with Crippen molar-refractivity contribution < 1.29 is 58.6 Å². The molecule has 0 radical (unpaired) electrons. The van der Waals surface area contributed by atoms with Crippen LogP contribution in [0.25, 0.3) is 5.57 Å². The summed E-state index contributed by atoms with van der Waals surface area (Å²) in [7, 11) is 0. The maximum Gasteiger partial charge on any atom is 1.00 e. The van der Waals surface area contributed by atoms with Crippen LogP contribution in [0, 0.1) is 0 Å². The minimum Gasteiger partial charge on any atom is -0.548 e. The number of carboxylic acids is 1. The Balaban J connectivity index is 0.00000432. The number of ether oxygens (including phenoxy) is 1. The fourth-order valence-electron chi connectivity index (χ4n) is 3.80. The van der Waals surface area contributed by atoms with Gasteiger partial charge in [-0.25, -0.2) is 4.79 Å². The van der Waals surface area contributed by atoms with E-state index < -0.39 is 62.5 Å². The summed E-state index contributed by atoms with van der Waals surface area (Å²) in [5.41, 5.74) is 0.777. The summed E-state index contributed by atoms with van der Waals surface area (Å²) in [5, 5.41) is 15.9. The van der Waals surface area contributed by atoms with E-state index in [1.807, 2.05) is 0 Å². The zero-order valence-electron chi connectivity index (χ0n) is 19.0. The predicted octanol–water partition coefficient (Wildman–Crippen LogP) is -1.53. The molecule has 9 nitrogen and oxygen atoms in total. The molecule has 2 N–H and O–H groups in total. The monoisotopic (exact) mass is 571 g/mol. The van der Waals surface area contributed by atoms with E-state index in [4.69, 9.17) is 39.5 Å². The molecule has 2 saturated heterocycles. The third-order valence-corrected chi connectivity index (χ3v) is 7.25. The van der Waals surface area contributed by atoms with Crippen molar-refractivity contribution in [3.63, 3.8) is 0 Å². The van der Waals surface area contributed by atoms with Gasteiger partial charge in [-0.1, -0.05) is 71.7 Å². The summed E-state index contributed by atoms with van der Waals surface area (Å²) in [6.45, 7) is 6.71. The van der Waals surface area contributed by atoms with Crippen LogP contribution in [0.4, 0.5) is 4.79 Å². The number of β-lactam (4-membered cyclic amide) rings is 1. The number of nitrogens with one attached hydrogen (secondary N) is 2. The second kappa shape index (κ2) is 11.5. The van der Waals surface area contributed by atoms with Gasteiger partial charge in [0.1, 0.15) is 24.1 Å². The van der Waals surface area contributed by atoms with Crippen LogP contribution in [0.2, 0.25) is 0 Å². The Morgan fingerprint density at radius 3 is 2.40 bits per heavy atom. The van der Waals surface area contributed by atoms with Crippen LogP contribution in [0.1, 0.15) is 19.4 Å². The molecule has 0 aromatic heterocycles. The van der Waals surface area contributed by atoms with Gasteiger partial charge in [0.05, 0.1) is 12.0 Å². The number of amides is 3. The number of hydrogen-bond acceptors (Lipinski definition) is 7. The first-order chi connectivity index (χ1) is 15.7. The number of thioether (sulfide) groups is 1. The number of aliphatic carboxylic acids is 1. The Labute approximate surface area is 243 Å². The van der Waals surface area contributed by atoms with Crippen molar-refractivity contribution in [1.82, 2.24) is 15.5 Å². The van der Waals surface area contributed by atoms with Gasteiger partial charge < -0.3 is 30.2 Å². The van der Waals surface area contributed by atoms with Crippen molar-refractivity contribution in [3.05, 3.63) is 42.5 Å². The average Bonchev–Trinajstić information content (AvgIpc) is 3.01. The molecular formula is C21H21Cl3N3NaO6S.